The molecule has 0 atom stereocenters. The number of hydrogen-bond acceptors (Lipinski definition) is 4. The van der Waals surface area contributed by atoms with E-state index in [0.29, 0.717) is 6.54 Å². The molecule has 1 heterocycles. The summed E-state index contributed by atoms with van der Waals surface area (Å²) >= 11 is 5.66. The summed E-state index contributed by atoms with van der Waals surface area (Å²) < 4.78 is 13.3. The van der Waals surface area contributed by atoms with Crippen molar-refractivity contribution in [2.45, 2.75) is 13.5 Å². The smallest absolute Gasteiger partial charge is 0.295 e. The van der Waals surface area contributed by atoms with Crippen LogP contribution in [-0.4, -0.2) is 9.91 Å². The molecule has 0 aliphatic carbocycles. The highest BCUT2D eigenvalue weighted by molar-refractivity contribution is 6.31. The minimum absolute atomic E-state index is 0.162. The van der Waals surface area contributed by atoms with Crippen LogP contribution < -0.4 is 5.32 Å². The van der Waals surface area contributed by atoms with Crippen molar-refractivity contribution >= 4 is 23.0 Å². The number of anilines is 1. The number of nitrogens with one attached hydrogen (secondary N) is 1. The summed E-state index contributed by atoms with van der Waals surface area (Å²) in [7, 11) is 0. The molecule has 0 unspecified atom stereocenters. The fourth-order valence-electron chi connectivity index (χ4n) is 1.72. The monoisotopic (exact) mass is 295 g/mol. The first-order valence-corrected chi connectivity index (χ1v) is 6.13. The van der Waals surface area contributed by atoms with E-state index in [2.05, 4.69) is 10.3 Å². The average molecular weight is 296 g/mol. The summed E-state index contributed by atoms with van der Waals surface area (Å²) in [5, 5.41) is 13.6. The molecule has 0 bridgehead atoms. The summed E-state index contributed by atoms with van der Waals surface area (Å²) in [6, 6.07) is 3.83. The largest absolute Gasteiger partial charge is 0.375 e. The molecule has 0 saturated heterocycles. The topological polar surface area (TPSA) is 68.1 Å². The lowest BCUT2D eigenvalue weighted by Crippen LogP contribution is -2.04. The first-order valence-electron chi connectivity index (χ1n) is 5.76. The SMILES string of the molecule is Cc1cnccc1CNc1cc(Cl)c(F)cc1[N+](=O)[O-]. The maximum atomic E-state index is 13.3. The molecule has 0 radical (unpaired) electrons. The number of aromatic nitrogens is 1. The third-order valence-electron chi connectivity index (χ3n) is 2.84. The second-order valence-corrected chi connectivity index (χ2v) is 4.60. The molecule has 1 N–H and O–H groups in total. The number of nitro benzene ring substituents is 1. The Labute approximate surface area is 119 Å². The Morgan fingerprint density at radius 1 is 1.50 bits per heavy atom. The fraction of sp³-hybridized carbons (Fsp3) is 0.154. The van der Waals surface area contributed by atoms with Crippen LogP contribution in [0.15, 0.2) is 30.6 Å². The number of benzene rings is 1. The van der Waals surface area contributed by atoms with Gasteiger partial charge in [0.25, 0.3) is 5.69 Å². The number of aryl methyl sites for hydroxylation is 1. The van der Waals surface area contributed by atoms with E-state index < -0.39 is 10.7 Å². The Balaban J connectivity index is 2.27. The second-order valence-electron chi connectivity index (χ2n) is 4.20. The van der Waals surface area contributed by atoms with Crippen LogP contribution in [0.2, 0.25) is 5.02 Å². The minimum Gasteiger partial charge on any atom is -0.375 e. The molecule has 5 nitrogen and oxygen atoms in total. The molecule has 0 saturated carbocycles. The average Bonchev–Trinajstić information content (AvgIpc) is 2.41. The normalized spacial score (nSPS) is 10.3. The van der Waals surface area contributed by atoms with Gasteiger partial charge in [0.15, 0.2) is 0 Å². The molecule has 0 spiro atoms. The number of halogens is 2. The molecule has 0 amide bonds. The van der Waals surface area contributed by atoms with Gasteiger partial charge in [0.2, 0.25) is 0 Å². The number of rotatable bonds is 4. The van der Waals surface area contributed by atoms with Crippen LogP contribution in [0.5, 0.6) is 0 Å². The van der Waals surface area contributed by atoms with Gasteiger partial charge in [-0.3, -0.25) is 15.1 Å². The summed E-state index contributed by atoms with van der Waals surface area (Å²) in [6.45, 7) is 2.24. The van der Waals surface area contributed by atoms with Crippen LogP contribution in [0.25, 0.3) is 0 Å². The molecule has 0 fully saturated rings. The Morgan fingerprint density at radius 3 is 2.90 bits per heavy atom. The van der Waals surface area contributed by atoms with Gasteiger partial charge in [0.1, 0.15) is 11.5 Å². The second kappa shape index (κ2) is 5.83. The summed E-state index contributed by atoms with van der Waals surface area (Å²) in [5.41, 5.74) is 1.72. The van der Waals surface area contributed by atoms with Crippen molar-refractivity contribution < 1.29 is 9.31 Å². The van der Waals surface area contributed by atoms with Gasteiger partial charge in [-0.15, -0.1) is 0 Å². The predicted octanol–water partition coefficient (Wildman–Crippen LogP) is 3.70. The first kappa shape index (κ1) is 14.2. The van der Waals surface area contributed by atoms with E-state index in [1.165, 1.54) is 6.07 Å². The Morgan fingerprint density at radius 2 is 2.25 bits per heavy atom. The molecule has 1 aromatic heterocycles. The van der Waals surface area contributed by atoms with Gasteiger partial charge in [0, 0.05) is 18.9 Å². The van der Waals surface area contributed by atoms with Crippen LogP contribution in [0.1, 0.15) is 11.1 Å². The van der Waals surface area contributed by atoms with E-state index >= 15 is 0 Å². The third-order valence-corrected chi connectivity index (χ3v) is 3.13. The van der Waals surface area contributed by atoms with Crippen molar-refractivity contribution in [1.29, 1.82) is 0 Å². The summed E-state index contributed by atoms with van der Waals surface area (Å²) in [4.78, 5) is 14.2. The van der Waals surface area contributed by atoms with E-state index in [0.717, 1.165) is 17.2 Å². The summed E-state index contributed by atoms with van der Waals surface area (Å²) in [5.74, 6) is -0.816. The molecule has 2 rings (SSSR count). The van der Waals surface area contributed by atoms with Gasteiger partial charge >= 0.3 is 0 Å². The molecule has 0 aliphatic heterocycles. The predicted molar refractivity (Wildman–Crippen MR) is 74.4 cm³/mol. The lowest BCUT2D eigenvalue weighted by Gasteiger charge is -2.09. The number of pyridine rings is 1. The number of nitro groups is 1. The fourth-order valence-corrected chi connectivity index (χ4v) is 1.88. The van der Waals surface area contributed by atoms with E-state index in [9.17, 15) is 14.5 Å². The molecular weight excluding hydrogens is 285 g/mol. The molecule has 104 valence electrons. The van der Waals surface area contributed by atoms with Crippen LogP contribution in [-0.2, 0) is 6.54 Å². The molecule has 7 heteroatoms. The Bertz CT molecular complexity index is 664. The van der Waals surface area contributed by atoms with E-state index in [4.69, 9.17) is 11.6 Å². The third kappa shape index (κ3) is 3.03. The highest BCUT2D eigenvalue weighted by Crippen LogP contribution is 2.30. The molecule has 1 aromatic carbocycles. The highest BCUT2D eigenvalue weighted by Gasteiger charge is 2.17. The highest BCUT2D eigenvalue weighted by atomic mass is 35.5. The van der Waals surface area contributed by atoms with Gasteiger partial charge in [-0.25, -0.2) is 4.39 Å². The molecular formula is C13H11ClFN3O2. The molecule has 2 aromatic rings. The van der Waals surface area contributed by atoms with E-state index in [1.807, 2.05) is 6.92 Å². The van der Waals surface area contributed by atoms with Crippen LogP contribution >= 0.6 is 11.6 Å². The van der Waals surface area contributed by atoms with Crippen molar-refractivity contribution in [2.75, 3.05) is 5.32 Å². The Kier molecular flexibility index (Phi) is 4.14. The van der Waals surface area contributed by atoms with Gasteiger partial charge in [-0.05, 0) is 30.2 Å². The lowest BCUT2D eigenvalue weighted by molar-refractivity contribution is -0.384. The standard InChI is InChI=1S/C13H11ClFN3O2/c1-8-6-16-3-2-9(8)7-17-12-4-10(14)11(15)5-13(12)18(19)20/h2-6,17H,7H2,1H3. The Hall–Kier alpha value is -2.21. The van der Waals surface area contributed by atoms with Gasteiger partial charge in [-0.2, -0.15) is 0 Å². The zero-order chi connectivity index (χ0) is 14.7. The number of hydrogen-bond donors (Lipinski definition) is 1. The zero-order valence-corrected chi connectivity index (χ0v) is 11.3. The zero-order valence-electron chi connectivity index (χ0n) is 10.6. The molecule has 20 heavy (non-hydrogen) atoms. The van der Waals surface area contributed by atoms with Gasteiger partial charge in [-0.1, -0.05) is 11.6 Å². The first-order chi connectivity index (χ1) is 9.49. The van der Waals surface area contributed by atoms with Crippen LogP contribution in [0.4, 0.5) is 15.8 Å². The van der Waals surface area contributed by atoms with Crippen molar-refractivity contribution in [3.8, 4) is 0 Å². The van der Waals surface area contributed by atoms with Crippen molar-refractivity contribution in [1.82, 2.24) is 4.98 Å². The molecule has 0 aliphatic rings. The minimum atomic E-state index is -0.816. The van der Waals surface area contributed by atoms with E-state index in [-0.39, 0.29) is 16.4 Å². The van der Waals surface area contributed by atoms with Crippen molar-refractivity contribution in [2.24, 2.45) is 0 Å². The number of nitrogens with zero attached hydrogens (tertiary/aromatic N) is 2. The quantitative estimate of drug-likeness (QED) is 0.690. The maximum Gasteiger partial charge on any atom is 0.295 e. The summed E-state index contributed by atoms with van der Waals surface area (Å²) in [6.07, 6.45) is 3.33. The van der Waals surface area contributed by atoms with Crippen molar-refractivity contribution in [3.63, 3.8) is 0 Å². The van der Waals surface area contributed by atoms with E-state index in [1.54, 1.807) is 18.5 Å². The van der Waals surface area contributed by atoms with Crippen molar-refractivity contribution in [3.05, 3.63) is 62.7 Å². The van der Waals surface area contributed by atoms with Crippen LogP contribution in [0, 0.1) is 22.9 Å². The van der Waals surface area contributed by atoms with Crippen LogP contribution in [0.3, 0.4) is 0 Å². The maximum absolute atomic E-state index is 13.3. The lowest BCUT2D eigenvalue weighted by atomic mass is 10.1. The van der Waals surface area contributed by atoms with Gasteiger partial charge in [0.05, 0.1) is 16.0 Å². The van der Waals surface area contributed by atoms with Gasteiger partial charge < -0.3 is 5.32 Å².